The topological polar surface area (TPSA) is 75.9 Å². The minimum atomic E-state index is 0.338. The van der Waals surface area contributed by atoms with E-state index in [1.165, 1.54) is 0 Å². The summed E-state index contributed by atoms with van der Waals surface area (Å²) < 4.78 is 0. The summed E-state index contributed by atoms with van der Waals surface area (Å²) in [7, 11) is 0. The fourth-order valence-corrected chi connectivity index (χ4v) is 3.14. The van der Waals surface area contributed by atoms with Crippen LogP contribution >= 0.6 is 34.5 Å². The number of anilines is 3. The number of aryl methyl sites for hydroxylation is 1. The summed E-state index contributed by atoms with van der Waals surface area (Å²) in [6, 6.07) is 7.21. The average Bonchev–Trinajstić information content (AvgIpc) is 2.83. The molecular formula is C13H11Cl2N5S. The number of nitrogens with zero attached hydrogens (tertiary/aromatic N) is 2. The maximum Gasteiger partial charge on any atom is 0.240 e. The van der Waals surface area contributed by atoms with Gasteiger partial charge in [-0.25, -0.2) is 10.8 Å². The van der Waals surface area contributed by atoms with Crippen LogP contribution in [0.3, 0.4) is 0 Å². The lowest BCUT2D eigenvalue weighted by molar-refractivity contribution is 1.16. The van der Waals surface area contributed by atoms with E-state index >= 15 is 0 Å². The number of nitrogen functional groups attached to an aromatic ring is 1. The monoisotopic (exact) mass is 339 g/mol. The van der Waals surface area contributed by atoms with Crippen molar-refractivity contribution in [2.24, 2.45) is 5.84 Å². The Morgan fingerprint density at radius 1 is 1.19 bits per heavy atom. The minimum absolute atomic E-state index is 0.338. The van der Waals surface area contributed by atoms with Crippen molar-refractivity contribution in [2.45, 2.75) is 6.92 Å². The maximum atomic E-state index is 6.17. The van der Waals surface area contributed by atoms with Gasteiger partial charge < -0.3 is 5.32 Å². The number of nitrogens with one attached hydrogen (secondary N) is 2. The highest BCUT2D eigenvalue weighted by atomic mass is 35.5. The molecule has 21 heavy (non-hydrogen) atoms. The lowest BCUT2D eigenvalue weighted by Crippen LogP contribution is -2.11. The van der Waals surface area contributed by atoms with E-state index in [1.54, 1.807) is 29.5 Å². The average molecular weight is 340 g/mol. The first-order valence-corrected chi connectivity index (χ1v) is 7.61. The molecule has 2 aromatic heterocycles. The van der Waals surface area contributed by atoms with Crippen molar-refractivity contribution in [3.63, 3.8) is 0 Å². The number of fused-ring (bicyclic) bond motifs is 1. The van der Waals surface area contributed by atoms with E-state index in [9.17, 15) is 0 Å². The molecule has 3 rings (SSSR count). The number of aromatic nitrogens is 2. The fourth-order valence-electron chi connectivity index (χ4n) is 1.92. The molecule has 2 heterocycles. The van der Waals surface area contributed by atoms with Crippen molar-refractivity contribution >= 4 is 62.2 Å². The summed E-state index contributed by atoms with van der Waals surface area (Å²) in [6.07, 6.45) is 0. The Kier molecular flexibility index (Phi) is 3.86. The summed E-state index contributed by atoms with van der Waals surface area (Å²) in [5, 5.41) is 5.24. The van der Waals surface area contributed by atoms with Crippen molar-refractivity contribution in [3.8, 4) is 0 Å². The van der Waals surface area contributed by atoms with Gasteiger partial charge in [0.25, 0.3) is 0 Å². The van der Waals surface area contributed by atoms with Gasteiger partial charge in [-0.2, -0.15) is 4.98 Å². The van der Waals surface area contributed by atoms with E-state index in [2.05, 4.69) is 20.7 Å². The number of hydrogen-bond acceptors (Lipinski definition) is 6. The van der Waals surface area contributed by atoms with Crippen LogP contribution in [0.5, 0.6) is 0 Å². The maximum absolute atomic E-state index is 6.17. The zero-order valence-electron chi connectivity index (χ0n) is 10.9. The predicted molar refractivity (Wildman–Crippen MR) is 89.7 cm³/mol. The molecule has 108 valence electrons. The molecule has 0 aliphatic carbocycles. The molecule has 8 heteroatoms. The molecule has 0 spiro atoms. The Balaban J connectivity index is 2.12. The summed E-state index contributed by atoms with van der Waals surface area (Å²) in [5.74, 6) is 6.38. The Hall–Kier alpha value is -1.60. The molecule has 0 bridgehead atoms. The van der Waals surface area contributed by atoms with E-state index < -0.39 is 0 Å². The highest BCUT2D eigenvalue weighted by Gasteiger charge is 2.12. The Morgan fingerprint density at radius 3 is 2.76 bits per heavy atom. The van der Waals surface area contributed by atoms with Crippen LogP contribution in [0.2, 0.25) is 10.0 Å². The van der Waals surface area contributed by atoms with Gasteiger partial charge in [0.15, 0.2) is 0 Å². The van der Waals surface area contributed by atoms with Crippen LogP contribution in [-0.2, 0) is 0 Å². The van der Waals surface area contributed by atoms with Gasteiger partial charge in [-0.1, -0.05) is 23.2 Å². The predicted octanol–water partition coefficient (Wildman–Crippen LogP) is 4.34. The third-order valence-electron chi connectivity index (χ3n) is 2.83. The van der Waals surface area contributed by atoms with Gasteiger partial charge in [0.05, 0.1) is 16.1 Å². The smallest absolute Gasteiger partial charge is 0.240 e. The largest absolute Gasteiger partial charge is 0.338 e. The molecule has 0 radical (unpaired) electrons. The SMILES string of the molecule is Cc1cc2c(Nc3cc(Cl)ccc3Cl)nc(NN)nc2s1. The molecule has 4 N–H and O–H groups in total. The molecule has 0 aliphatic heterocycles. The number of hydrazine groups is 1. The summed E-state index contributed by atoms with van der Waals surface area (Å²) in [4.78, 5) is 10.7. The third kappa shape index (κ3) is 2.89. The van der Waals surface area contributed by atoms with Gasteiger partial charge in [0, 0.05) is 9.90 Å². The molecule has 5 nitrogen and oxygen atoms in total. The molecule has 0 aliphatic rings. The van der Waals surface area contributed by atoms with Crippen molar-refractivity contribution in [1.29, 1.82) is 0 Å². The Morgan fingerprint density at radius 2 is 2.00 bits per heavy atom. The van der Waals surface area contributed by atoms with Crippen molar-refractivity contribution in [1.82, 2.24) is 9.97 Å². The number of benzene rings is 1. The van der Waals surface area contributed by atoms with E-state index in [1.807, 2.05) is 13.0 Å². The molecule has 0 saturated heterocycles. The van der Waals surface area contributed by atoms with E-state index in [4.69, 9.17) is 29.0 Å². The quantitative estimate of drug-likeness (QED) is 0.489. The van der Waals surface area contributed by atoms with Crippen LogP contribution in [0.1, 0.15) is 4.88 Å². The highest BCUT2D eigenvalue weighted by molar-refractivity contribution is 7.18. The number of hydrogen-bond donors (Lipinski definition) is 3. The Labute approximate surface area is 135 Å². The van der Waals surface area contributed by atoms with Crippen LogP contribution in [0.4, 0.5) is 17.5 Å². The second-order valence-electron chi connectivity index (χ2n) is 4.37. The van der Waals surface area contributed by atoms with Crippen LogP contribution in [0.15, 0.2) is 24.3 Å². The molecule has 3 aromatic rings. The van der Waals surface area contributed by atoms with Crippen LogP contribution in [0, 0.1) is 6.92 Å². The molecule has 0 fully saturated rings. The van der Waals surface area contributed by atoms with Gasteiger partial charge in [0.1, 0.15) is 10.6 Å². The van der Waals surface area contributed by atoms with Crippen molar-refractivity contribution < 1.29 is 0 Å². The summed E-state index contributed by atoms with van der Waals surface area (Å²) in [6.45, 7) is 2.01. The van der Waals surface area contributed by atoms with Crippen LogP contribution < -0.4 is 16.6 Å². The summed E-state index contributed by atoms with van der Waals surface area (Å²) in [5.41, 5.74) is 3.14. The van der Waals surface area contributed by atoms with Gasteiger partial charge in [-0.15, -0.1) is 11.3 Å². The second-order valence-corrected chi connectivity index (χ2v) is 6.44. The van der Waals surface area contributed by atoms with Crippen LogP contribution in [0.25, 0.3) is 10.2 Å². The first-order chi connectivity index (χ1) is 10.1. The van der Waals surface area contributed by atoms with E-state index in [0.717, 1.165) is 15.1 Å². The van der Waals surface area contributed by atoms with E-state index in [0.29, 0.717) is 27.5 Å². The number of thiophene rings is 1. The second kappa shape index (κ2) is 5.65. The first-order valence-electron chi connectivity index (χ1n) is 6.03. The lowest BCUT2D eigenvalue weighted by atomic mass is 10.3. The molecule has 1 aromatic carbocycles. The van der Waals surface area contributed by atoms with Gasteiger partial charge >= 0.3 is 0 Å². The molecule has 0 unspecified atom stereocenters. The molecule has 0 atom stereocenters. The molecule has 0 saturated carbocycles. The number of nitrogens with two attached hydrogens (primary N) is 1. The zero-order valence-corrected chi connectivity index (χ0v) is 13.3. The van der Waals surface area contributed by atoms with Crippen LogP contribution in [-0.4, -0.2) is 9.97 Å². The zero-order chi connectivity index (χ0) is 15.0. The number of halogens is 2. The first kappa shape index (κ1) is 14.3. The van der Waals surface area contributed by atoms with E-state index in [-0.39, 0.29) is 0 Å². The summed E-state index contributed by atoms with van der Waals surface area (Å²) >= 11 is 13.7. The van der Waals surface area contributed by atoms with Crippen molar-refractivity contribution in [3.05, 3.63) is 39.2 Å². The lowest BCUT2D eigenvalue weighted by Gasteiger charge is -2.10. The van der Waals surface area contributed by atoms with Gasteiger partial charge in [0.2, 0.25) is 5.95 Å². The third-order valence-corrected chi connectivity index (χ3v) is 4.34. The molecular weight excluding hydrogens is 329 g/mol. The fraction of sp³-hybridized carbons (Fsp3) is 0.0769. The van der Waals surface area contributed by atoms with Crippen molar-refractivity contribution in [2.75, 3.05) is 10.7 Å². The number of rotatable bonds is 3. The Bertz CT molecular complexity index is 818. The van der Waals surface area contributed by atoms with Gasteiger partial charge in [-0.05, 0) is 31.2 Å². The standard InChI is InChI=1S/C13H11Cl2N5S/c1-6-4-8-11(18-13(20-16)19-12(8)21-6)17-10-5-7(14)2-3-9(10)15/h2-5H,16H2,1H3,(H2,17,18,19,20). The molecule has 0 amide bonds. The highest BCUT2D eigenvalue weighted by Crippen LogP contribution is 2.34. The van der Waals surface area contributed by atoms with Gasteiger partial charge in [-0.3, -0.25) is 5.43 Å². The normalized spacial score (nSPS) is 10.9. The minimum Gasteiger partial charge on any atom is -0.338 e.